The van der Waals surface area contributed by atoms with Crippen molar-refractivity contribution in [3.63, 3.8) is 0 Å². The fourth-order valence-electron chi connectivity index (χ4n) is 1.19. The predicted molar refractivity (Wildman–Crippen MR) is 57.0 cm³/mol. The second-order valence-corrected chi connectivity index (χ2v) is 4.61. The molecule has 1 N–H and O–H groups in total. The molecule has 0 amide bonds. The molecule has 0 aliphatic rings. The number of benzene rings is 1. The second kappa shape index (κ2) is 4.89. The van der Waals surface area contributed by atoms with Crippen LogP contribution in [0, 0.1) is 11.6 Å². The summed E-state index contributed by atoms with van der Waals surface area (Å²) >= 11 is 0. The van der Waals surface area contributed by atoms with Crippen LogP contribution >= 0.6 is 0 Å². The molecule has 2 nitrogen and oxygen atoms in total. The smallest absolute Gasteiger partial charge is 0.132 e. The number of aliphatic hydroxyl groups excluding tert-OH is 1. The molecule has 0 aromatic heterocycles. The summed E-state index contributed by atoms with van der Waals surface area (Å²) in [6.07, 6.45) is -1.08. The molecule has 1 aromatic rings. The molecule has 0 radical (unpaired) electrons. The first-order valence-electron chi connectivity index (χ1n) is 5.06. The number of rotatable bonds is 3. The van der Waals surface area contributed by atoms with Crippen molar-refractivity contribution in [1.29, 1.82) is 0 Å². The quantitative estimate of drug-likeness (QED) is 0.865. The maximum absolute atomic E-state index is 13.3. The Morgan fingerprint density at radius 2 is 1.94 bits per heavy atom. The van der Waals surface area contributed by atoms with Crippen molar-refractivity contribution in [1.82, 2.24) is 0 Å². The average molecular weight is 230 g/mol. The third-order valence-corrected chi connectivity index (χ3v) is 2.00. The van der Waals surface area contributed by atoms with Crippen LogP contribution < -0.4 is 0 Å². The molecule has 0 saturated carbocycles. The Morgan fingerprint density at radius 3 is 2.44 bits per heavy atom. The summed E-state index contributed by atoms with van der Waals surface area (Å²) in [6, 6.07) is 3.08. The molecular weight excluding hydrogens is 214 g/mol. The standard InChI is InChI=1S/C12H16F2O2/c1-12(2,3)16-7-11(15)9-5-4-8(13)6-10(9)14/h4-6,11,15H,7H2,1-3H3. The van der Waals surface area contributed by atoms with Gasteiger partial charge in [0, 0.05) is 11.6 Å². The van der Waals surface area contributed by atoms with Crippen LogP contribution in [0.15, 0.2) is 18.2 Å². The number of halogens is 2. The molecule has 0 saturated heterocycles. The Balaban J connectivity index is 2.70. The van der Waals surface area contributed by atoms with Gasteiger partial charge in [0.05, 0.1) is 12.2 Å². The molecule has 0 heterocycles. The average Bonchev–Trinajstić information content (AvgIpc) is 2.13. The third kappa shape index (κ3) is 3.87. The molecule has 1 aromatic carbocycles. The van der Waals surface area contributed by atoms with Gasteiger partial charge in [0.1, 0.15) is 17.7 Å². The summed E-state index contributed by atoms with van der Waals surface area (Å²) in [5.74, 6) is -1.42. The van der Waals surface area contributed by atoms with Gasteiger partial charge in [-0.1, -0.05) is 6.07 Å². The Labute approximate surface area is 93.9 Å². The van der Waals surface area contributed by atoms with Crippen molar-refractivity contribution < 1.29 is 18.6 Å². The molecule has 0 fully saturated rings. The highest BCUT2D eigenvalue weighted by molar-refractivity contribution is 5.20. The van der Waals surface area contributed by atoms with Crippen LogP contribution in [0.5, 0.6) is 0 Å². The van der Waals surface area contributed by atoms with E-state index in [4.69, 9.17) is 4.74 Å². The lowest BCUT2D eigenvalue weighted by atomic mass is 10.1. The van der Waals surface area contributed by atoms with Gasteiger partial charge < -0.3 is 9.84 Å². The molecule has 4 heteroatoms. The van der Waals surface area contributed by atoms with E-state index in [1.165, 1.54) is 6.07 Å². The lowest BCUT2D eigenvalue weighted by molar-refractivity contribution is -0.0504. The van der Waals surface area contributed by atoms with Crippen LogP contribution in [0.4, 0.5) is 8.78 Å². The van der Waals surface area contributed by atoms with Gasteiger partial charge in [0.2, 0.25) is 0 Å². The minimum absolute atomic E-state index is 0.0218. The maximum Gasteiger partial charge on any atom is 0.132 e. The van der Waals surface area contributed by atoms with Gasteiger partial charge in [0.15, 0.2) is 0 Å². The molecular formula is C12H16F2O2. The minimum Gasteiger partial charge on any atom is -0.386 e. The predicted octanol–water partition coefficient (Wildman–Crippen LogP) is 2.81. The highest BCUT2D eigenvalue weighted by Gasteiger charge is 2.17. The van der Waals surface area contributed by atoms with E-state index in [1.54, 1.807) is 0 Å². The number of ether oxygens (including phenoxy) is 1. The largest absolute Gasteiger partial charge is 0.386 e. The van der Waals surface area contributed by atoms with Crippen molar-refractivity contribution in [2.24, 2.45) is 0 Å². The summed E-state index contributed by atoms with van der Waals surface area (Å²) in [5.41, 5.74) is -0.358. The number of hydrogen-bond acceptors (Lipinski definition) is 2. The van der Waals surface area contributed by atoms with Crippen molar-refractivity contribution >= 4 is 0 Å². The van der Waals surface area contributed by atoms with E-state index in [0.717, 1.165) is 12.1 Å². The molecule has 0 spiro atoms. The molecule has 1 atom stereocenters. The van der Waals surface area contributed by atoms with Gasteiger partial charge >= 0.3 is 0 Å². The Morgan fingerprint density at radius 1 is 1.31 bits per heavy atom. The lowest BCUT2D eigenvalue weighted by Crippen LogP contribution is -2.23. The monoisotopic (exact) mass is 230 g/mol. The Kier molecular flexibility index (Phi) is 3.99. The van der Waals surface area contributed by atoms with E-state index in [-0.39, 0.29) is 12.2 Å². The van der Waals surface area contributed by atoms with Gasteiger partial charge in [-0.05, 0) is 26.8 Å². The van der Waals surface area contributed by atoms with E-state index in [9.17, 15) is 13.9 Å². The fraction of sp³-hybridized carbons (Fsp3) is 0.500. The van der Waals surface area contributed by atoms with E-state index >= 15 is 0 Å². The molecule has 1 rings (SSSR count). The normalized spacial score (nSPS) is 13.9. The first kappa shape index (κ1) is 13.1. The number of aliphatic hydroxyl groups is 1. The molecule has 1 unspecified atom stereocenters. The topological polar surface area (TPSA) is 29.5 Å². The van der Waals surface area contributed by atoms with Gasteiger partial charge in [0.25, 0.3) is 0 Å². The summed E-state index contributed by atoms with van der Waals surface area (Å²) in [5, 5.41) is 9.67. The summed E-state index contributed by atoms with van der Waals surface area (Å²) in [7, 11) is 0. The zero-order valence-electron chi connectivity index (χ0n) is 9.63. The number of hydrogen-bond donors (Lipinski definition) is 1. The molecule has 0 aliphatic carbocycles. The Bertz CT molecular complexity index is 359. The van der Waals surface area contributed by atoms with Crippen molar-refractivity contribution in [2.75, 3.05) is 6.61 Å². The third-order valence-electron chi connectivity index (χ3n) is 2.00. The fourth-order valence-corrected chi connectivity index (χ4v) is 1.19. The molecule has 90 valence electrons. The highest BCUT2D eigenvalue weighted by Crippen LogP contribution is 2.20. The molecule has 16 heavy (non-hydrogen) atoms. The van der Waals surface area contributed by atoms with Crippen molar-refractivity contribution in [2.45, 2.75) is 32.5 Å². The van der Waals surface area contributed by atoms with Gasteiger partial charge in [-0.15, -0.1) is 0 Å². The van der Waals surface area contributed by atoms with Crippen LogP contribution in [0.1, 0.15) is 32.4 Å². The molecule has 0 aliphatic heterocycles. The first-order chi connectivity index (χ1) is 7.29. The van der Waals surface area contributed by atoms with Crippen LogP contribution in [-0.4, -0.2) is 17.3 Å². The highest BCUT2D eigenvalue weighted by atomic mass is 19.1. The summed E-state index contributed by atoms with van der Waals surface area (Å²) < 4.78 is 31.2. The van der Waals surface area contributed by atoms with E-state index in [1.807, 2.05) is 20.8 Å². The van der Waals surface area contributed by atoms with Crippen LogP contribution in [0.3, 0.4) is 0 Å². The van der Waals surface area contributed by atoms with Crippen molar-refractivity contribution in [3.8, 4) is 0 Å². The zero-order valence-corrected chi connectivity index (χ0v) is 9.63. The van der Waals surface area contributed by atoms with E-state index in [0.29, 0.717) is 0 Å². The second-order valence-electron chi connectivity index (χ2n) is 4.61. The minimum atomic E-state index is -1.08. The van der Waals surface area contributed by atoms with Crippen LogP contribution in [0.25, 0.3) is 0 Å². The van der Waals surface area contributed by atoms with E-state index in [2.05, 4.69) is 0 Å². The van der Waals surface area contributed by atoms with Gasteiger partial charge in [-0.2, -0.15) is 0 Å². The van der Waals surface area contributed by atoms with Crippen LogP contribution in [0.2, 0.25) is 0 Å². The van der Waals surface area contributed by atoms with Gasteiger partial charge in [-0.25, -0.2) is 8.78 Å². The van der Waals surface area contributed by atoms with Crippen molar-refractivity contribution in [3.05, 3.63) is 35.4 Å². The van der Waals surface area contributed by atoms with Gasteiger partial charge in [-0.3, -0.25) is 0 Å². The lowest BCUT2D eigenvalue weighted by Gasteiger charge is -2.22. The summed E-state index contributed by atoms with van der Waals surface area (Å²) in [4.78, 5) is 0. The maximum atomic E-state index is 13.3. The molecule has 0 bridgehead atoms. The Hall–Kier alpha value is -1.00. The first-order valence-corrected chi connectivity index (χ1v) is 5.06. The van der Waals surface area contributed by atoms with E-state index < -0.39 is 23.3 Å². The summed E-state index contributed by atoms with van der Waals surface area (Å²) in [6.45, 7) is 5.48. The van der Waals surface area contributed by atoms with Crippen LogP contribution in [-0.2, 0) is 4.74 Å². The zero-order chi connectivity index (χ0) is 12.3. The SMILES string of the molecule is CC(C)(C)OCC(O)c1ccc(F)cc1F.